The fourth-order valence-corrected chi connectivity index (χ4v) is 5.73. The Labute approximate surface area is 208 Å². The van der Waals surface area contributed by atoms with Gasteiger partial charge in [0.2, 0.25) is 0 Å². The van der Waals surface area contributed by atoms with E-state index in [1.165, 1.54) is 32.1 Å². The van der Waals surface area contributed by atoms with Crippen molar-refractivity contribution in [3.8, 4) is 5.75 Å². The molecule has 0 spiro atoms. The molecule has 2 aliphatic carbocycles. The molecular formula is C27H39N5O3. The highest BCUT2D eigenvalue weighted by molar-refractivity contribution is 5.77. The molecule has 1 N–H and O–H groups in total. The summed E-state index contributed by atoms with van der Waals surface area (Å²) >= 11 is 0. The van der Waals surface area contributed by atoms with Crippen LogP contribution < -0.4 is 10.1 Å². The van der Waals surface area contributed by atoms with Crippen molar-refractivity contribution in [2.75, 3.05) is 26.2 Å². The SMILES string of the molecule is Cc1ncc(OCC(=O)NC2CCC(CCN3C[C@H](C)[C@@](C)(c4cc(C5CC5)on4)C3)CC2)cn1. The minimum atomic E-state index is -0.0722. The maximum absolute atomic E-state index is 12.3. The third-order valence-electron chi connectivity index (χ3n) is 8.46. The Kier molecular flexibility index (Phi) is 7.09. The van der Waals surface area contributed by atoms with E-state index in [1.54, 1.807) is 12.4 Å². The first-order chi connectivity index (χ1) is 16.9. The molecule has 190 valence electrons. The minimum Gasteiger partial charge on any atom is -0.481 e. The van der Waals surface area contributed by atoms with E-state index in [0.717, 1.165) is 49.8 Å². The first-order valence-corrected chi connectivity index (χ1v) is 13.3. The molecule has 0 radical (unpaired) electrons. The van der Waals surface area contributed by atoms with Gasteiger partial charge in [-0.3, -0.25) is 4.79 Å². The maximum atomic E-state index is 12.3. The van der Waals surface area contributed by atoms with E-state index in [9.17, 15) is 4.79 Å². The van der Waals surface area contributed by atoms with Crippen LogP contribution in [0.5, 0.6) is 5.75 Å². The van der Waals surface area contributed by atoms with E-state index in [1.807, 2.05) is 6.92 Å². The van der Waals surface area contributed by atoms with E-state index in [4.69, 9.17) is 9.26 Å². The molecule has 2 aromatic rings. The van der Waals surface area contributed by atoms with E-state index >= 15 is 0 Å². The van der Waals surface area contributed by atoms with Crippen molar-refractivity contribution in [2.24, 2.45) is 11.8 Å². The minimum absolute atomic E-state index is 0.00588. The maximum Gasteiger partial charge on any atom is 0.258 e. The molecule has 3 heterocycles. The molecule has 1 amide bonds. The molecule has 2 saturated carbocycles. The van der Waals surface area contributed by atoms with Crippen molar-refractivity contribution in [2.45, 2.75) is 83.1 Å². The fraction of sp³-hybridized carbons (Fsp3) is 0.704. The molecule has 35 heavy (non-hydrogen) atoms. The summed E-state index contributed by atoms with van der Waals surface area (Å²) in [4.78, 5) is 23.1. The van der Waals surface area contributed by atoms with Gasteiger partial charge in [-0.2, -0.15) is 0 Å². The second-order valence-electron chi connectivity index (χ2n) is 11.3. The first-order valence-electron chi connectivity index (χ1n) is 13.3. The van der Waals surface area contributed by atoms with Gasteiger partial charge in [0.05, 0.1) is 18.1 Å². The zero-order valence-electron chi connectivity index (χ0n) is 21.3. The molecule has 2 aromatic heterocycles. The molecular weight excluding hydrogens is 442 g/mol. The van der Waals surface area contributed by atoms with Gasteiger partial charge in [0.25, 0.3) is 5.91 Å². The van der Waals surface area contributed by atoms with Gasteiger partial charge in [0.1, 0.15) is 11.6 Å². The topological polar surface area (TPSA) is 93.4 Å². The number of hydrogen-bond acceptors (Lipinski definition) is 7. The Hall–Kier alpha value is -2.48. The molecule has 1 aliphatic heterocycles. The monoisotopic (exact) mass is 481 g/mol. The number of hydrogen-bond donors (Lipinski definition) is 1. The molecule has 0 aromatic carbocycles. The molecule has 8 heteroatoms. The average Bonchev–Trinajstić information content (AvgIpc) is 3.50. The lowest BCUT2D eigenvalue weighted by molar-refractivity contribution is -0.124. The number of ether oxygens (including phenoxy) is 1. The third-order valence-corrected chi connectivity index (χ3v) is 8.46. The van der Waals surface area contributed by atoms with Gasteiger partial charge in [-0.25, -0.2) is 9.97 Å². The number of nitrogens with one attached hydrogen (secondary N) is 1. The number of carbonyl (C=O) groups excluding carboxylic acids is 1. The summed E-state index contributed by atoms with van der Waals surface area (Å²) in [5, 5.41) is 7.62. The number of carbonyl (C=O) groups is 1. The van der Waals surface area contributed by atoms with Crippen LogP contribution in [0.3, 0.4) is 0 Å². The molecule has 3 fully saturated rings. The zero-order valence-corrected chi connectivity index (χ0v) is 21.3. The standard InChI is InChI=1S/C27H39N5O3/c1-18-15-32(17-27(18,3)25-12-24(35-31-25)21-6-7-21)11-10-20-4-8-22(9-5-20)30-26(33)16-34-23-13-28-19(2)29-14-23/h12-14,18,20-22H,4-11,15-17H2,1-3H3,(H,30,33)/t18-,20?,22?,27-/m0/s1. The van der Waals surface area contributed by atoms with E-state index in [0.29, 0.717) is 23.4 Å². The van der Waals surface area contributed by atoms with Gasteiger partial charge in [0.15, 0.2) is 12.4 Å². The van der Waals surface area contributed by atoms with Crippen LogP contribution in [-0.4, -0.2) is 58.2 Å². The van der Waals surface area contributed by atoms with Crippen LogP contribution in [0.25, 0.3) is 0 Å². The molecule has 0 unspecified atom stereocenters. The molecule has 0 bridgehead atoms. The Bertz CT molecular complexity index is 997. The lowest BCUT2D eigenvalue weighted by Crippen LogP contribution is -2.40. The molecule has 1 saturated heterocycles. The van der Waals surface area contributed by atoms with Crippen molar-refractivity contribution in [1.29, 1.82) is 0 Å². The summed E-state index contributed by atoms with van der Waals surface area (Å²) in [5.74, 6) is 4.14. The lowest BCUT2D eigenvalue weighted by Gasteiger charge is -2.30. The largest absolute Gasteiger partial charge is 0.481 e. The van der Waals surface area contributed by atoms with E-state index in [2.05, 4.69) is 45.3 Å². The Morgan fingerprint density at radius 3 is 2.66 bits per heavy atom. The quantitative estimate of drug-likeness (QED) is 0.578. The predicted molar refractivity (Wildman–Crippen MR) is 132 cm³/mol. The summed E-state index contributed by atoms with van der Waals surface area (Å²) in [6.07, 6.45) is 11.3. The van der Waals surface area contributed by atoms with Crippen LogP contribution in [0.4, 0.5) is 0 Å². The Balaban J connectivity index is 1.01. The third kappa shape index (κ3) is 5.85. The Morgan fingerprint density at radius 2 is 1.94 bits per heavy atom. The number of nitrogens with zero attached hydrogens (tertiary/aromatic N) is 4. The van der Waals surface area contributed by atoms with Crippen molar-refractivity contribution in [1.82, 2.24) is 25.3 Å². The van der Waals surface area contributed by atoms with Gasteiger partial charge in [-0.1, -0.05) is 19.0 Å². The second kappa shape index (κ2) is 10.2. The van der Waals surface area contributed by atoms with Gasteiger partial charge >= 0.3 is 0 Å². The van der Waals surface area contributed by atoms with Crippen LogP contribution in [0.1, 0.15) is 82.0 Å². The Morgan fingerprint density at radius 1 is 1.20 bits per heavy atom. The van der Waals surface area contributed by atoms with Gasteiger partial charge in [-0.15, -0.1) is 0 Å². The zero-order chi connectivity index (χ0) is 24.4. The number of likely N-dealkylation sites (tertiary alicyclic amines) is 1. The highest BCUT2D eigenvalue weighted by Crippen LogP contribution is 2.44. The second-order valence-corrected chi connectivity index (χ2v) is 11.3. The van der Waals surface area contributed by atoms with Crippen molar-refractivity contribution in [3.63, 3.8) is 0 Å². The average molecular weight is 482 g/mol. The predicted octanol–water partition coefficient (Wildman–Crippen LogP) is 4.00. The number of aryl methyl sites for hydroxylation is 1. The van der Waals surface area contributed by atoms with Crippen molar-refractivity contribution >= 4 is 5.91 Å². The van der Waals surface area contributed by atoms with Crippen molar-refractivity contribution < 1.29 is 14.1 Å². The van der Waals surface area contributed by atoms with Crippen LogP contribution in [-0.2, 0) is 10.2 Å². The molecule has 3 aliphatic rings. The van der Waals surface area contributed by atoms with E-state index in [-0.39, 0.29) is 24.0 Å². The van der Waals surface area contributed by atoms with Gasteiger partial charge in [-0.05, 0) is 70.3 Å². The lowest BCUT2D eigenvalue weighted by atomic mass is 9.78. The summed E-state index contributed by atoms with van der Waals surface area (Å²) in [5.41, 5.74) is 1.22. The summed E-state index contributed by atoms with van der Waals surface area (Å²) in [6.45, 7) is 9.86. The smallest absolute Gasteiger partial charge is 0.258 e. The fourth-order valence-electron chi connectivity index (χ4n) is 5.73. The van der Waals surface area contributed by atoms with Gasteiger partial charge < -0.3 is 19.5 Å². The molecule has 8 nitrogen and oxygen atoms in total. The molecule has 2 atom stereocenters. The molecule has 5 rings (SSSR count). The summed E-state index contributed by atoms with van der Waals surface area (Å²) in [7, 11) is 0. The number of aromatic nitrogens is 3. The van der Waals surface area contributed by atoms with Crippen LogP contribution in [0.2, 0.25) is 0 Å². The number of amides is 1. The van der Waals surface area contributed by atoms with Crippen molar-refractivity contribution in [3.05, 3.63) is 35.7 Å². The normalized spacial score (nSPS) is 29.3. The van der Waals surface area contributed by atoms with Crippen LogP contribution in [0, 0.1) is 18.8 Å². The van der Waals surface area contributed by atoms with E-state index < -0.39 is 0 Å². The van der Waals surface area contributed by atoms with Crippen LogP contribution in [0.15, 0.2) is 23.0 Å². The highest BCUT2D eigenvalue weighted by Gasteiger charge is 2.44. The highest BCUT2D eigenvalue weighted by atomic mass is 16.5. The van der Waals surface area contributed by atoms with Gasteiger partial charge in [0, 0.05) is 36.5 Å². The van der Waals surface area contributed by atoms with Crippen LogP contribution >= 0.6 is 0 Å². The first kappa shape index (κ1) is 24.2. The summed E-state index contributed by atoms with van der Waals surface area (Å²) < 4.78 is 11.2. The summed E-state index contributed by atoms with van der Waals surface area (Å²) in [6, 6.07) is 2.48. The number of rotatable bonds is 9.